The summed E-state index contributed by atoms with van der Waals surface area (Å²) in [5.41, 5.74) is 0. The largest absolute Gasteiger partial charge is 0.355 e. The van der Waals surface area contributed by atoms with E-state index in [1.807, 2.05) is 4.81 Å². The maximum Gasteiger partial charge on any atom is 0.182 e. The molecule has 51 valence electrons. The van der Waals surface area contributed by atoms with Crippen molar-refractivity contribution in [2.75, 3.05) is 13.1 Å². The molecule has 0 aliphatic carbocycles. The number of rotatable bonds is 1. The molecular formula is C6H12B2NY-. The summed E-state index contributed by atoms with van der Waals surface area (Å²) >= 11 is 0. The summed E-state index contributed by atoms with van der Waals surface area (Å²) in [4.78, 5) is 1.90. The van der Waals surface area contributed by atoms with Gasteiger partial charge in [-0.3, -0.25) is 0 Å². The van der Waals surface area contributed by atoms with E-state index in [-0.39, 0.29) is 32.7 Å². The van der Waals surface area contributed by atoms with Gasteiger partial charge < -0.3 is 11.7 Å². The van der Waals surface area contributed by atoms with Crippen molar-refractivity contribution in [1.82, 2.24) is 4.81 Å². The van der Waals surface area contributed by atoms with Crippen LogP contribution in [0.2, 0.25) is 19.0 Å². The van der Waals surface area contributed by atoms with Crippen LogP contribution in [0.3, 0.4) is 0 Å². The van der Waals surface area contributed by atoms with Crippen LogP contribution in [0.1, 0.15) is 0 Å². The Kier molecular flexibility index (Phi) is 6.49. The fourth-order valence-corrected chi connectivity index (χ4v) is 1.24. The third kappa shape index (κ3) is 3.55. The van der Waals surface area contributed by atoms with Gasteiger partial charge >= 0.3 is 0 Å². The zero-order valence-electron chi connectivity index (χ0n) is 6.42. The van der Waals surface area contributed by atoms with Gasteiger partial charge in [0.05, 0.1) is 0 Å². The molecule has 0 spiro atoms. The van der Waals surface area contributed by atoms with Crippen LogP contribution in [-0.4, -0.2) is 32.6 Å². The molecule has 0 aromatic heterocycles. The average molecular weight is 209 g/mol. The summed E-state index contributed by atoms with van der Waals surface area (Å²) in [6.45, 7) is 6.82. The molecule has 3 radical (unpaired) electrons. The molecule has 0 aromatic carbocycles. The molecule has 0 unspecified atom stereocenters. The van der Waals surface area contributed by atoms with Gasteiger partial charge in [0.2, 0.25) is 0 Å². The fraction of sp³-hybridized carbons (Fsp3) is 0.833. The molecule has 1 fully saturated rings. The molecule has 10 heavy (non-hydrogen) atoms. The molecule has 1 aliphatic rings. The molecular weight excluding hydrogens is 197 g/mol. The summed E-state index contributed by atoms with van der Waals surface area (Å²) in [6, 6.07) is 0. The Balaban J connectivity index is 0.000000810. The second-order valence-corrected chi connectivity index (χ2v) is 2.77. The summed E-state index contributed by atoms with van der Waals surface area (Å²) in [6.07, 6.45) is 3.55. The predicted octanol–water partition coefficient (Wildman–Crippen LogP) is 0.712. The third-order valence-corrected chi connectivity index (χ3v) is 2.06. The Morgan fingerprint density at radius 3 is 2.30 bits per heavy atom. The third-order valence-electron chi connectivity index (χ3n) is 2.06. The zero-order chi connectivity index (χ0) is 6.69. The van der Waals surface area contributed by atoms with Crippen LogP contribution in [0.4, 0.5) is 0 Å². The smallest absolute Gasteiger partial charge is 0.182 e. The molecule has 0 amide bonds. The monoisotopic (exact) mass is 209 g/mol. The minimum atomic E-state index is 0. The van der Waals surface area contributed by atoms with Gasteiger partial charge in [0.25, 0.3) is 0 Å². The van der Waals surface area contributed by atoms with E-state index in [1.165, 1.54) is 12.6 Å². The van der Waals surface area contributed by atoms with Crippen molar-refractivity contribution in [3.63, 3.8) is 0 Å². The Bertz CT molecular complexity index is 83.8. The number of hydrogen-bond acceptors (Lipinski definition) is 1. The van der Waals surface area contributed by atoms with Gasteiger partial charge in [-0.2, -0.15) is 0 Å². The van der Waals surface area contributed by atoms with E-state index in [9.17, 15) is 0 Å². The van der Waals surface area contributed by atoms with Crippen molar-refractivity contribution in [2.24, 2.45) is 0 Å². The van der Waals surface area contributed by atoms with Crippen LogP contribution in [-0.2, 0) is 32.7 Å². The van der Waals surface area contributed by atoms with Crippen LogP contribution in [0.15, 0.2) is 0 Å². The molecule has 1 heterocycles. The fourth-order valence-electron chi connectivity index (χ4n) is 1.24. The van der Waals surface area contributed by atoms with Gasteiger partial charge in [-0.05, 0) is 13.1 Å². The Morgan fingerprint density at radius 1 is 1.40 bits per heavy atom. The van der Waals surface area contributed by atoms with E-state index < -0.39 is 0 Å². The summed E-state index contributed by atoms with van der Waals surface area (Å²) in [7, 11) is 5.56. The van der Waals surface area contributed by atoms with Crippen molar-refractivity contribution in [3.05, 3.63) is 6.92 Å². The Hall–Kier alpha value is 1.19. The molecule has 0 aromatic rings. The van der Waals surface area contributed by atoms with Crippen molar-refractivity contribution < 1.29 is 32.7 Å². The van der Waals surface area contributed by atoms with Crippen molar-refractivity contribution >= 4 is 14.7 Å². The van der Waals surface area contributed by atoms with Gasteiger partial charge in [-0.15, -0.1) is 0 Å². The van der Waals surface area contributed by atoms with E-state index >= 15 is 0 Å². The van der Waals surface area contributed by atoms with E-state index in [1.54, 1.807) is 0 Å². The first kappa shape index (κ1) is 11.2. The van der Waals surface area contributed by atoms with E-state index in [2.05, 4.69) is 6.92 Å². The second-order valence-electron chi connectivity index (χ2n) is 2.77. The van der Waals surface area contributed by atoms with E-state index in [4.69, 9.17) is 7.98 Å². The van der Waals surface area contributed by atoms with Crippen LogP contribution in [0, 0.1) is 6.92 Å². The average Bonchev–Trinajstić information content (AvgIpc) is 1.90. The van der Waals surface area contributed by atoms with Crippen molar-refractivity contribution in [3.8, 4) is 0 Å². The first-order chi connectivity index (χ1) is 4.33. The predicted molar refractivity (Wildman–Crippen MR) is 42.9 cm³/mol. The van der Waals surface area contributed by atoms with Crippen LogP contribution in [0.25, 0.3) is 0 Å². The van der Waals surface area contributed by atoms with Crippen LogP contribution >= 0.6 is 0 Å². The molecule has 1 saturated heterocycles. The molecule has 1 nitrogen and oxygen atoms in total. The molecule has 1 rings (SSSR count). The number of nitrogens with zero attached hydrogens (tertiary/aromatic N) is 1. The van der Waals surface area contributed by atoms with Crippen LogP contribution < -0.4 is 0 Å². The minimum absolute atomic E-state index is 0. The molecule has 0 saturated carbocycles. The summed E-state index contributed by atoms with van der Waals surface area (Å²) in [5, 5.41) is 0. The van der Waals surface area contributed by atoms with Gasteiger partial charge in [0, 0.05) is 32.7 Å². The maximum absolute atomic E-state index is 5.56. The first-order valence-electron chi connectivity index (χ1n) is 3.62. The SMILES string of the molecule is [B]N1CCB(C[CH2-])CC1.[Y]. The van der Waals surface area contributed by atoms with E-state index in [0.717, 1.165) is 26.1 Å². The van der Waals surface area contributed by atoms with Gasteiger partial charge in [-0.25, -0.2) is 6.32 Å². The molecule has 4 heteroatoms. The summed E-state index contributed by atoms with van der Waals surface area (Å²) < 4.78 is 0. The molecule has 0 N–H and O–H groups in total. The zero-order valence-corrected chi connectivity index (χ0v) is 9.26. The first-order valence-corrected chi connectivity index (χ1v) is 3.62. The van der Waals surface area contributed by atoms with Gasteiger partial charge in [-0.1, -0.05) is 12.6 Å². The van der Waals surface area contributed by atoms with Gasteiger partial charge in [0.15, 0.2) is 7.98 Å². The molecule has 1 aliphatic heterocycles. The standard InChI is InChI=1S/C6H12B2N.Y/c1-2-8-3-5-9(7)6-4-8;/h1-6H2;/q-1;. The molecule has 0 atom stereocenters. The number of hydrogen-bond donors (Lipinski definition) is 0. The minimum Gasteiger partial charge on any atom is -0.355 e. The quantitative estimate of drug-likeness (QED) is 0.453. The van der Waals surface area contributed by atoms with Crippen molar-refractivity contribution in [2.45, 2.75) is 19.0 Å². The Morgan fingerprint density at radius 2 is 1.90 bits per heavy atom. The van der Waals surface area contributed by atoms with Crippen molar-refractivity contribution in [1.29, 1.82) is 0 Å². The summed E-state index contributed by atoms with van der Waals surface area (Å²) in [5.74, 6) is 0. The van der Waals surface area contributed by atoms with E-state index in [0.29, 0.717) is 0 Å². The van der Waals surface area contributed by atoms with Crippen LogP contribution in [0.5, 0.6) is 0 Å². The van der Waals surface area contributed by atoms with Gasteiger partial charge in [0.1, 0.15) is 6.71 Å². The topological polar surface area (TPSA) is 3.24 Å². The Labute approximate surface area is 90.7 Å². The molecule has 0 bridgehead atoms. The second kappa shape index (κ2) is 5.79. The maximum atomic E-state index is 5.56. The normalized spacial score (nSPS) is 20.3.